The molecule has 0 radical (unpaired) electrons. The Morgan fingerprint density at radius 1 is 1.00 bits per heavy atom. The van der Waals surface area contributed by atoms with Gasteiger partial charge in [-0.3, -0.25) is 4.79 Å². The van der Waals surface area contributed by atoms with E-state index in [9.17, 15) is 9.90 Å². The van der Waals surface area contributed by atoms with Gasteiger partial charge in [0, 0.05) is 11.1 Å². The summed E-state index contributed by atoms with van der Waals surface area (Å²) < 4.78 is 17.7. The Morgan fingerprint density at radius 3 is 2.04 bits per heavy atom. The highest BCUT2D eigenvalue weighted by molar-refractivity contribution is 9.11. The zero-order valence-corrected chi connectivity index (χ0v) is 19.7. The van der Waals surface area contributed by atoms with Gasteiger partial charge in [0.05, 0.1) is 35.7 Å². The van der Waals surface area contributed by atoms with Gasteiger partial charge in [0.2, 0.25) is 0 Å². The summed E-state index contributed by atoms with van der Waals surface area (Å²) in [5.74, 6) is 1.71. The van der Waals surface area contributed by atoms with Gasteiger partial charge < -0.3 is 19.3 Å². The largest absolute Gasteiger partial charge is 0.496 e. The van der Waals surface area contributed by atoms with Crippen LogP contribution in [0.15, 0.2) is 33.2 Å². The monoisotopic (exact) mass is 514 g/mol. The van der Waals surface area contributed by atoms with E-state index in [4.69, 9.17) is 14.2 Å². The van der Waals surface area contributed by atoms with E-state index in [1.54, 1.807) is 14.0 Å². The molecule has 1 N–H and O–H groups in total. The third-order valence-electron chi connectivity index (χ3n) is 4.28. The summed E-state index contributed by atoms with van der Waals surface area (Å²) in [6.45, 7) is 5.81. The second-order valence-corrected chi connectivity index (χ2v) is 8.41. The van der Waals surface area contributed by atoms with E-state index in [1.165, 1.54) is 7.11 Å². The van der Waals surface area contributed by atoms with Crippen molar-refractivity contribution in [1.82, 2.24) is 0 Å². The fourth-order valence-corrected chi connectivity index (χ4v) is 4.24. The molecule has 0 bridgehead atoms. The summed E-state index contributed by atoms with van der Waals surface area (Å²) in [6, 6.07) is 7.33. The van der Waals surface area contributed by atoms with Gasteiger partial charge in [-0.25, -0.2) is 0 Å². The van der Waals surface area contributed by atoms with Gasteiger partial charge in [0.1, 0.15) is 11.5 Å². The first-order valence-electron chi connectivity index (χ1n) is 8.80. The lowest BCUT2D eigenvalue weighted by molar-refractivity contribution is -0.139. The molecule has 7 heteroatoms. The Hall–Kier alpha value is -1.57. The number of hydrogen-bond acceptors (Lipinski definition) is 5. The number of halogens is 2. The van der Waals surface area contributed by atoms with Gasteiger partial charge in [-0.15, -0.1) is 0 Å². The maximum atomic E-state index is 11.5. The van der Waals surface area contributed by atoms with Gasteiger partial charge in [-0.2, -0.15) is 0 Å². The predicted octanol–water partition coefficient (Wildman–Crippen LogP) is 5.90. The molecule has 0 aliphatic rings. The Balaban J connectivity index is 2.49. The molecule has 1 unspecified atom stereocenters. The molecule has 28 heavy (non-hydrogen) atoms. The molecule has 0 aromatic heterocycles. The third-order valence-corrected chi connectivity index (χ3v) is 5.46. The van der Waals surface area contributed by atoms with Crippen LogP contribution in [0, 0.1) is 0 Å². The number of aliphatic hydroxyl groups excluding tert-OH is 1. The average molecular weight is 516 g/mol. The predicted molar refractivity (Wildman–Crippen MR) is 115 cm³/mol. The summed E-state index contributed by atoms with van der Waals surface area (Å²) in [7, 11) is 2.97. The lowest BCUT2D eigenvalue weighted by Crippen LogP contribution is -2.05. The van der Waals surface area contributed by atoms with Crippen LogP contribution in [0.4, 0.5) is 0 Å². The van der Waals surface area contributed by atoms with Gasteiger partial charge in [-0.05, 0) is 74.5 Å². The smallest absolute Gasteiger partial charge is 0.309 e. The topological polar surface area (TPSA) is 65.0 Å². The number of carbonyl (C=O) groups excluding carboxylic acids is 1. The van der Waals surface area contributed by atoms with Crippen LogP contribution in [-0.4, -0.2) is 25.3 Å². The van der Waals surface area contributed by atoms with Crippen LogP contribution >= 0.6 is 31.9 Å². The Labute approximate surface area is 182 Å². The first kappa shape index (κ1) is 22.7. The van der Waals surface area contributed by atoms with Crippen molar-refractivity contribution in [1.29, 1.82) is 0 Å². The van der Waals surface area contributed by atoms with Crippen molar-refractivity contribution in [2.45, 2.75) is 39.2 Å². The summed E-state index contributed by atoms with van der Waals surface area (Å²) in [5.41, 5.74) is 2.39. The summed E-state index contributed by atoms with van der Waals surface area (Å²) in [5, 5.41) is 10.2. The van der Waals surface area contributed by atoms with E-state index in [0.717, 1.165) is 11.1 Å². The lowest BCUT2D eigenvalue weighted by atomic mass is 9.97. The van der Waals surface area contributed by atoms with Crippen molar-refractivity contribution in [2.24, 2.45) is 0 Å². The average Bonchev–Trinajstić information content (AvgIpc) is 2.63. The van der Waals surface area contributed by atoms with E-state index < -0.39 is 6.10 Å². The molecule has 0 fully saturated rings. The highest BCUT2D eigenvalue weighted by Gasteiger charge is 2.20. The minimum Gasteiger partial charge on any atom is -0.496 e. The molecule has 0 saturated carbocycles. The number of ether oxygens (including phenoxy) is 3. The number of carbonyl (C=O) groups is 1. The number of rotatable bonds is 7. The maximum absolute atomic E-state index is 11.5. The first-order valence-corrected chi connectivity index (χ1v) is 10.4. The van der Waals surface area contributed by atoms with Crippen LogP contribution in [0.1, 0.15) is 49.5 Å². The molecule has 0 saturated heterocycles. The normalized spacial score (nSPS) is 12.0. The van der Waals surface area contributed by atoms with E-state index in [1.807, 2.05) is 24.3 Å². The van der Waals surface area contributed by atoms with Crippen molar-refractivity contribution in [3.8, 4) is 17.2 Å². The van der Waals surface area contributed by atoms with Crippen LogP contribution in [0.2, 0.25) is 0 Å². The highest BCUT2D eigenvalue weighted by Crippen LogP contribution is 2.43. The van der Waals surface area contributed by atoms with Crippen molar-refractivity contribution in [3.63, 3.8) is 0 Å². The zero-order valence-electron chi connectivity index (χ0n) is 16.5. The standard InChI is InChI=1S/C21H24Br2O5/c1-11(2)14-9-19(15(12(3)24)10-18(14)26-4)28-21-16(22)6-13(7-17(21)23)8-20(25)27-5/h6-7,9-12,24H,8H2,1-5H3. The molecule has 0 aliphatic heterocycles. The molecular formula is C21H24Br2O5. The van der Waals surface area contributed by atoms with Crippen molar-refractivity contribution < 1.29 is 24.1 Å². The molecule has 5 nitrogen and oxygen atoms in total. The fourth-order valence-electron chi connectivity index (χ4n) is 2.79. The number of hydrogen-bond donors (Lipinski definition) is 1. The van der Waals surface area contributed by atoms with Crippen molar-refractivity contribution >= 4 is 37.8 Å². The quantitative estimate of drug-likeness (QED) is 0.464. The van der Waals surface area contributed by atoms with Crippen LogP contribution < -0.4 is 9.47 Å². The molecule has 0 heterocycles. The van der Waals surface area contributed by atoms with E-state index in [-0.39, 0.29) is 18.3 Å². The zero-order chi connectivity index (χ0) is 21.0. The van der Waals surface area contributed by atoms with Gasteiger partial charge in [0.25, 0.3) is 0 Å². The first-order chi connectivity index (χ1) is 13.2. The number of aliphatic hydroxyl groups is 1. The van der Waals surface area contributed by atoms with E-state index in [2.05, 4.69) is 45.7 Å². The fraction of sp³-hybridized carbons (Fsp3) is 0.381. The Bertz CT molecular complexity index is 839. The summed E-state index contributed by atoms with van der Waals surface area (Å²) in [4.78, 5) is 11.5. The SMILES string of the molecule is COC(=O)Cc1cc(Br)c(Oc2cc(C(C)C)c(OC)cc2C(C)O)c(Br)c1. The van der Waals surface area contributed by atoms with Crippen LogP contribution in [0.25, 0.3) is 0 Å². The molecule has 0 aliphatic carbocycles. The van der Waals surface area contributed by atoms with Crippen LogP contribution in [0.3, 0.4) is 0 Å². The van der Waals surface area contributed by atoms with Crippen LogP contribution in [-0.2, 0) is 16.0 Å². The summed E-state index contributed by atoms with van der Waals surface area (Å²) in [6.07, 6.45) is -0.575. The van der Waals surface area contributed by atoms with Crippen molar-refractivity contribution in [3.05, 3.63) is 49.9 Å². The van der Waals surface area contributed by atoms with Gasteiger partial charge in [-0.1, -0.05) is 13.8 Å². The molecule has 0 amide bonds. The number of benzene rings is 2. The second-order valence-electron chi connectivity index (χ2n) is 6.71. The summed E-state index contributed by atoms with van der Waals surface area (Å²) >= 11 is 7.02. The van der Waals surface area contributed by atoms with E-state index in [0.29, 0.717) is 31.8 Å². The van der Waals surface area contributed by atoms with Gasteiger partial charge in [0.15, 0.2) is 5.75 Å². The molecule has 1 atom stereocenters. The number of esters is 1. The Kier molecular flexibility index (Phi) is 7.92. The highest BCUT2D eigenvalue weighted by atomic mass is 79.9. The molecular weight excluding hydrogens is 492 g/mol. The molecule has 0 spiro atoms. The molecule has 2 aromatic rings. The number of methoxy groups -OCH3 is 2. The van der Waals surface area contributed by atoms with E-state index >= 15 is 0 Å². The maximum Gasteiger partial charge on any atom is 0.309 e. The second kappa shape index (κ2) is 9.76. The molecule has 2 rings (SSSR count). The van der Waals surface area contributed by atoms with Crippen molar-refractivity contribution in [2.75, 3.05) is 14.2 Å². The Morgan fingerprint density at radius 2 is 1.57 bits per heavy atom. The minimum absolute atomic E-state index is 0.160. The van der Waals surface area contributed by atoms with Gasteiger partial charge >= 0.3 is 5.97 Å². The van der Waals surface area contributed by atoms with Crippen LogP contribution in [0.5, 0.6) is 17.2 Å². The molecule has 152 valence electrons. The lowest BCUT2D eigenvalue weighted by Gasteiger charge is -2.20. The molecule has 2 aromatic carbocycles. The third kappa shape index (κ3) is 5.27. The minimum atomic E-state index is -0.735.